The fourth-order valence-corrected chi connectivity index (χ4v) is 4.65. The maximum atomic E-state index is 12.9. The van der Waals surface area contributed by atoms with Crippen molar-refractivity contribution in [2.24, 2.45) is 0 Å². The Bertz CT molecular complexity index is 1110. The minimum absolute atomic E-state index is 0.147. The summed E-state index contributed by atoms with van der Waals surface area (Å²) >= 11 is 14.3. The monoisotopic (exact) mass is 482 g/mol. The normalized spacial score (nSPS) is 10.5. The maximum absolute atomic E-state index is 12.9. The molecule has 2 heterocycles. The zero-order chi connectivity index (χ0) is 21.8. The Labute approximate surface area is 190 Å². The molecule has 2 aromatic heterocycles. The fraction of sp³-hybridized carbons (Fsp3) is 0.150. The highest BCUT2D eigenvalue weighted by Crippen LogP contribution is 2.35. The molecule has 0 spiro atoms. The van der Waals surface area contributed by atoms with Crippen LogP contribution in [0.4, 0.5) is 10.7 Å². The van der Waals surface area contributed by atoms with Gasteiger partial charge in [0.1, 0.15) is 5.00 Å². The SMILES string of the molecule is CCOC(=O)c1c(NC(=O)c2cccs2)sc(C(=O)Nc2cc(Cl)ccc2Cl)c1C. The number of anilines is 2. The predicted octanol–water partition coefficient (Wildman–Crippen LogP) is 6.11. The molecule has 3 rings (SSSR count). The highest BCUT2D eigenvalue weighted by atomic mass is 35.5. The second-order valence-electron chi connectivity index (χ2n) is 5.99. The van der Waals surface area contributed by atoms with Crippen LogP contribution in [0.5, 0.6) is 0 Å². The van der Waals surface area contributed by atoms with Crippen molar-refractivity contribution in [3.63, 3.8) is 0 Å². The van der Waals surface area contributed by atoms with Crippen LogP contribution < -0.4 is 10.6 Å². The maximum Gasteiger partial charge on any atom is 0.341 e. The summed E-state index contributed by atoms with van der Waals surface area (Å²) in [4.78, 5) is 38.6. The molecule has 10 heteroatoms. The van der Waals surface area contributed by atoms with Crippen molar-refractivity contribution in [3.8, 4) is 0 Å². The van der Waals surface area contributed by atoms with Crippen LogP contribution in [0.1, 0.15) is 42.2 Å². The van der Waals surface area contributed by atoms with Gasteiger partial charge in [-0.15, -0.1) is 22.7 Å². The van der Waals surface area contributed by atoms with E-state index in [9.17, 15) is 14.4 Å². The molecule has 0 radical (unpaired) electrons. The highest BCUT2D eigenvalue weighted by Gasteiger charge is 2.27. The molecule has 3 aromatic rings. The van der Waals surface area contributed by atoms with Gasteiger partial charge >= 0.3 is 5.97 Å². The molecule has 0 bridgehead atoms. The second-order valence-corrected chi connectivity index (χ2v) is 8.80. The van der Waals surface area contributed by atoms with Gasteiger partial charge in [0.2, 0.25) is 0 Å². The van der Waals surface area contributed by atoms with Gasteiger partial charge in [-0.2, -0.15) is 0 Å². The van der Waals surface area contributed by atoms with Gasteiger partial charge in [-0.05, 0) is 49.1 Å². The van der Waals surface area contributed by atoms with Gasteiger partial charge in [0.05, 0.1) is 32.6 Å². The van der Waals surface area contributed by atoms with E-state index in [1.807, 2.05) is 0 Å². The Kier molecular flexibility index (Phi) is 7.14. The average Bonchev–Trinajstić information content (AvgIpc) is 3.33. The van der Waals surface area contributed by atoms with Crippen LogP contribution in [-0.2, 0) is 4.74 Å². The zero-order valence-electron chi connectivity index (χ0n) is 15.9. The first-order chi connectivity index (χ1) is 14.3. The van der Waals surface area contributed by atoms with Gasteiger partial charge < -0.3 is 15.4 Å². The summed E-state index contributed by atoms with van der Waals surface area (Å²) in [7, 11) is 0. The molecule has 2 amide bonds. The standard InChI is InChI=1S/C20H16Cl2N2O4S2/c1-3-28-20(27)15-10(2)16(18(26)23-13-9-11(21)6-7-12(13)22)30-19(15)24-17(25)14-5-4-8-29-14/h4-9H,3H2,1-2H3,(H,23,26)(H,24,25). The molecule has 0 fully saturated rings. The fourth-order valence-electron chi connectivity index (χ4n) is 2.61. The Hall–Kier alpha value is -2.39. The number of hydrogen-bond donors (Lipinski definition) is 2. The molecule has 1 aromatic carbocycles. The zero-order valence-corrected chi connectivity index (χ0v) is 19.0. The van der Waals surface area contributed by atoms with E-state index in [0.29, 0.717) is 26.2 Å². The van der Waals surface area contributed by atoms with E-state index in [0.717, 1.165) is 11.3 Å². The van der Waals surface area contributed by atoms with Crippen LogP contribution in [0, 0.1) is 6.92 Å². The Morgan fingerprint density at radius 2 is 1.87 bits per heavy atom. The lowest BCUT2D eigenvalue weighted by molar-refractivity contribution is 0.0527. The molecule has 0 unspecified atom stereocenters. The van der Waals surface area contributed by atoms with E-state index in [4.69, 9.17) is 27.9 Å². The third-order valence-corrected chi connectivity index (χ3v) is 6.62. The lowest BCUT2D eigenvalue weighted by atomic mass is 10.1. The van der Waals surface area contributed by atoms with Gasteiger partial charge in [0, 0.05) is 5.02 Å². The van der Waals surface area contributed by atoms with Crippen molar-refractivity contribution in [1.29, 1.82) is 0 Å². The van der Waals surface area contributed by atoms with Crippen molar-refractivity contribution >= 4 is 74.3 Å². The van der Waals surface area contributed by atoms with E-state index < -0.39 is 11.9 Å². The lowest BCUT2D eigenvalue weighted by Crippen LogP contribution is -2.14. The first-order valence-corrected chi connectivity index (χ1v) is 11.2. The second kappa shape index (κ2) is 9.61. The molecule has 6 nitrogen and oxygen atoms in total. The predicted molar refractivity (Wildman–Crippen MR) is 122 cm³/mol. The summed E-state index contributed by atoms with van der Waals surface area (Å²) in [5.41, 5.74) is 0.883. The number of carbonyl (C=O) groups is 3. The largest absolute Gasteiger partial charge is 0.462 e. The van der Waals surface area contributed by atoms with E-state index in [2.05, 4.69) is 10.6 Å². The van der Waals surface area contributed by atoms with Crippen LogP contribution in [0.25, 0.3) is 0 Å². The number of amides is 2. The van der Waals surface area contributed by atoms with Crippen LogP contribution in [0.15, 0.2) is 35.7 Å². The molecule has 2 N–H and O–H groups in total. The molecule has 0 atom stereocenters. The molecule has 0 aliphatic rings. The van der Waals surface area contributed by atoms with Crippen molar-refractivity contribution in [2.45, 2.75) is 13.8 Å². The minimum Gasteiger partial charge on any atom is -0.462 e. The Morgan fingerprint density at radius 3 is 2.53 bits per heavy atom. The molecule has 0 saturated carbocycles. The molecule has 0 saturated heterocycles. The van der Waals surface area contributed by atoms with Crippen molar-refractivity contribution in [3.05, 3.63) is 66.6 Å². The van der Waals surface area contributed by atoms with Gasteiger partial charge in [0.25, 0.3) is 11.8 Å². The third-order valence-electron chi connectivity index (χ3n) is 3.98. The summed E-state index contributed by atoms with van der Waals surface area (Å²) in [6.07, 6.45) is 0. The van der Waals surface area contributed by atoms with Crippen molar-refractivity contribution < 1.29 is 19.1 Å². The molecular weight excluding hydrogens is 467 g/mol. The van der Waals surface area contributed by atoms with Crippen LogP contribution in [-0.4, -0.2) is 24.4 Å². The van der Waals surface area contributed by atoms with E-state index in [1.54, 1.807) is 43.5 Å². The van der Waals surface area contributed by atoms with Gasteiger partial charge in [-0.3, -0.25) is 9.59 Å². The van der Waals surface area contributed by atoms with E-state index in [-0.39, 0.29) is 28.0 Å². The number of hydrogen-bond acceptors (Lipinski definition) is 6. The summed E-state index contributed by atoms with van der Waals surface area (Å²) in [6.45, 7) is 3.46. The van der Waals surface area contributed by atoms with Crippen molar-refractivity contribution in [1.82, 2.24) is 0 Å². The van der Waals surface area contributed by atoms with Crippen LogP contribution in [0.2, 0.25) is 10.0 Å². The Balaban J connectivity index is 1.96. The first-order valence-electron chi connectivity index (χ1n) is 8.73. The first kappa shape index (κ1) is 22.3. The van der Waals surface area contributed by atoms with E-state index in [1.165, 1.54) is 17.4 Å². The van der Waals surface area contributed by atoms with Gasteiger partial charge in [-0.25, -0.2) is 4.79 Å². The molecule has 0 aliphatic heterocycles. The summed E-state index contributed by atoms with van der Waals surface area (Å²) in [5, 5.41) is 8.15. The summed E-state index contributed by atoms with van der Waals surface area (Å²) < 4.78 is 5.12. The minimum atomic E-state index is -0.618. The number of rotatable bonds is 6. The third kappa shape index (κ3) is 4.84. The molecular formula is C20H16Cl2N2O4S2. The van der Waals surface area contributed by atoms with Gasteiger partial charge in [-0.1, -0.05) is 29.3 Å². The average molecular weight is 483 g/mol. The van der Waals surface area contributed by atoms with Crippen molar-refractivity contribution in [2.75, 3.05) is 17.2 Å². The highest BCUT2D eigenvalue weighted by molar-refractivity contribution is 7.19. The summed E-state index contributed by atoms with van der Waals surface area (Å²) in [6, 6.07) is 8.11. The molecule has 0 aliphatic carbocycles. The number of halogens is 2. The number of thiophene rings is 2. The Morgan fingerprint density at radius 1 is 1.10 bits per heavy atom. The summed E-state index contributed by atoms with van der Waals surface area (Å²) in [5.74, 6) is -1.47. The van der Waals surface area contributed by atoms with Gasteiger partial charge in [0.15, 0.2) is 0 Å². The van der Waals surface area contributed by atoms with Crippen LogP contribution in [0.3, 0.4) is 0 Å². The smallest absolute Gasteiger partial charge is 0.341 e. The molecule has 30 heavy (non-hydrogen) atoms. The topological polar surface area (TPSA) is 84.5 Å². The number of carbonyl (C=O) groups excluding carboxylic acids is 3. The van der Waals surface area contributed by atoms with Crippen LogP contribution >= 0.6 is 45.9 Å². The molecule has 156 valence electrons. The lowest BCUT2D eigenvalue weighted by Gasteiger charge is -2.07. The number of ether oxygens (including phenoxy) is 1. The quantitative estimate of drug-likeness (QED) is 0.415. The van der Waals surface area contributed by atoms with E-state index >= 15 is 0 Å². The number of esters is 1. The number of nitrogens with one attached hydrogen (secondary N) is 2. The number of benzene rings is 1.